The van der Waals surface area contributed by atoms with E-state index in [-0.39, 0.29) is 11.8 Å². The van der Waals surface area contributed by atoms with Gasteiger partial charge in [-0.2, -0.15) is 5.10 Å². The maximum absolute atomic E-state index is 10.5. The standard InChI is InChI=1S/C25H24N2O4/c1-15-8-11-22(28)19(12-15)20-14-21-17-6-4-5-7-23(17)31-25(27(21)26-20)18-10-9-16(29-2)13-24(18)30-3/h4-13,21,25,28H,14H2,1-3H3/t21-,25+/m0/s1. The summed E-state index contributed by atoms with van der Waals surface area (Å²) in [5, 5.41) is 17.4. The van der Waals surface area contributed by atoms with Crippen LogP contribution in [-0.2, 0) is 0 Å². The highest BCUT2D eigenvalue weighted by molar-refractivity contribution is 6.04. The van der Waals surface area contributed by atoms with Gasteiger partial charge in [0.25, 0.3) is 0 Å². The second-order valence-corrected chi connectivity index (χ2v) is 7.78. The van der Waals surface area contributed by atoms with Crippen LogP contribution in [0, 0.1) is 6.92 Å². The molecule has 0 saturated heterocycles. The number of phenols is 1. The van der Waals surface area contributed by atoms with E-state index in [0.717, 1.165) is 33.7 Å². The van der Waals surface area contributed by atoms with Crippen LogP contribution in [0.5, 0.6) is 23.0 Å². The lowest BCUT2D eigenvalue weighted by atomic mass is 9.95. The third-order valence-corrected chi connectivity index (χ3v) is 5.87. The third-order valence-electron chi connectivity index (χ3n) is 5.87. The number of fused-ring (bicyclic) bond motifs is 3. The summed E-state index contributed by atoms with van der Waals surface area (Å²) in [6.45, 7) is 2.01. The molecule has 0 aromatic heterocycles. The average Bonchev–Trinajstić information content (AvgIpc) is 3.25. The first-order valence-corrected chi connectivity index (χ1v) is 10.2. The van der Waals surface area contributed by atoms with Crippen LogP contribution in [0.25, 0.3) is 0 Å². The van der Waals surface area contributed by atoms with Gasteiger partial charge in [-0.15, -0.1) is 0 Å². The molecule has 2 aliphatic rings. The molecule has 0 radical (unpaired) electrons. The zero-order chi connectivity index (χ0) is 21.5. The Kier molecular flexibility index (Phi) is 4.70. The van der Waals surface area contributed by atoms with Crippen LogP contribution >= 0.6 is 0 Å². The van der Waals surface area contributed by atoms with E-state index in [9.17, 15) is 5.11 Å². The van der Waals surface area contributed by atoms with Crippen molar-refractivity contribution in [2.45, 2.75) is 25.6 Å². The Morgan fingerprint density at radius 3 is 2.65 bits per heavy atom. The molecule has 0 saturated carbocycles. The fraction of sp³-hybridized carbons (Fsp3) is 0.240. The molecule has 1 N–H and O–H groups in total. The Morgan fingerprint density at radius 1 is 1.00 bits per heavy atom. The van der Waals surface area contributed by atoms with Gasteiger partial charge in [-0.05, 0) is 37.3 Å². The highest BCUT2D eigenvalue weighted by Crippen LogP contribution is 2.49. The Morgan fingerprint density at radius 2 is 1.84 bits per heavy atom. The number of aromatic hydroxyl groups is 1. The zero-order valence-electron chi connectivity index (χ0n) is 17.7. The zero-order valence-corrected chi connectivity index (χ0v) is 17.7. The van der Waals surface area contributed by atoms with E-state index >= 15 is 0 Å². The monoisotopic (exact) mass is 416 g/mol. The number of hydrogen-bond donors (Lipinski definition) is 1. The number of benzene rings is 3. The van der Waals surface area contributed by atoms with E-state index < -0.39 is 6.23 Å². The predicted molar refractivity (Wildman–Crippen MR) is 118 cm³/mol. The minimum absolute atomic E-state index is 0.00308. The normalized spacial score (nSPS) is 19.2. The first-order chi connectivity index (χ1) is 15.1. The molecular formula is C25H24N2O4. The predicted octanol–water partition coefficient (Wildman–Crippen LogP) is 4.96. The highest BCUT2D eigenvalue weighted by atomic mass is 16.5. The van der Waals surface area contributed by atoms with E-state index in [2.05, 4.69) is 6.07 Å². The van der Waals surface area contributed by atoms with Gasteiger partial charge in [-0.25, -0.2) is 5.01 Å². The molecular weight excluding hydrogens is 392 g/mol. The van der Waals surface area contributed by atoms with Gasteiger partial charge in [-0.3, -0.25) is 0 Å². The van der Waals surface area contributed by atoms with Gasteiger partial charge in [0.15, 0.2) is 0 Å². The van der Waals surface area contributed by atoms with E-state index in [0.29, 0.717) is 17.9 Å². The topological polar surface area (TPSA) is 63.5 Å². The number of rotatable bonds is 4. The van der Waals surface area contributed by atoms with Crippen molar-refractivity contribution in [1.82, 2.24) is 5.01 Å². The summed E-state index contributed by atoms with van der Waals surface area (Å²) in [5.74, 6) is 2.45. The number of nitrogens with zero attached hydrogens (tertiary/aromatic N) is 2. The van der Waals surface area contributed by atoms with E-state index in [1.54, 1.807) is 20.3 Å². The van der Waals surface area contributed by atoms with E-state index in [1.807, 2.05) is 60.5 Å². The summed E-state index contributed by atoms with van der Waals surface area (Å²) < 4.78 is 17.4. The van der Waals surface area contributed by atoms with Gasteiger partial charge in [0.2, 0.25) is 6.23 Å². The maximum Gasteiger partial charge on any atom is 0.217 e. The molecule has 2 heterocycles. The molecule has 0 aliphatic carbocycles. The number of para-hydroxylation sites is 1. The lowest BCUT2D eigenvalue weighted by molar-refractivity contribution is -0.0203. The van der Waals surface area contributed by atoms with Crippen LogP contribution in [0.1, 0.15) is 40.9 Å². The summed E-state index contributed by atoms with van der Waals surface area (Å²) in [4.78, 5) is 0. The summed E-state index contributed by atoms with van der Waals surface area (Å²) in [7, 11) is 3.26. The Bertz CT molecular complexity index is 1170. The SMILES string of the molecule is COc1ccc([C@H]2Oc3ccccc3[C@@H]3CC(c4cc(C)ccc4O)=NN23)c(OC)c1. The number of hydrazone groups is 1. The average molecular weight is 416 g/mol. The van der Waals surface area contributed by atoms with E-state index in [1.165, 1.54) is 0 Å². The van der Waals surface area contributed by atoms with Crippen molar-refractivity contribution in [1.29, 1.82) is 0 Å². The quantitative estimate of drug-likeness (QED) is 0.651. The largest absolute Gasteiger partial charge is 0.507 e. The molecule has 3 aromatic rings. The Labute approximate surface area is 181 Å². The first-order valence-electron chi connectivity index (χ1n) is 10.2. The molecule has 0 bridgehead atoms. The number of aryl methyl sites for hydroxylation is 1. The third kappa shape index (κ3) is 3.24. The van der Waals surface area contributed by atoms with Crippen molar-refractivity contribution in [2.24, 2.45) is 5.10 Å². The van der Waals surface area contributed by atoms with Crippen LogP contribution in [0.3, 0.4) is 0 Å². The molecule has 6 nitrogen and oxygen atoms in total. The van der Waals surface area contributed by atoms with Crippen molar-refractivity contribution in [3.63, 3.8) is 0 Å². The molecule has 6 heteroatoms. The van der Waals surface area contributed by atoms with Crippen molar-refractivity contribution in [3.8, 4) is 23.0 Å². The minimum atomic E-state index is -0.467. The molecule has 158 valence electrons. The van der Waals surface area contributed by atoms with Gasteiger partial charge in [0.1, 0.15) is 23.0 Å². The molecule has 3 aromatic carbocycles. The molecule has 5 rings (SSSR count). The van der Waals surface area contributed by atoms with Gasteiger partial charge < -0.3 is 19.3 Å². The molecule has 0 spiro atoms. The molecule has 2 aliphatic heterocycles. The molecule has 0 amide bonds. The number of hydrogen-bond acceptors (Lipinski definition) is 6. The van der Waals surface area contributed by atoms with Gasteiger partial charge in [0.05, 0.1) is 31.5 Å². The van der Waals surface area contributed by atoms with Gasteiger partial charge in [0, 0.05) is 23.6 Å². The second kappa shape index (κ2) is 7.54. The van der Waals surface area contributed by atoms with Crippen LogP contribution in [0.2, 0.25) is 0 Å². The van der Waals surface area contributed by atoms with Crippen LogP contribution in [0.15, 0.2) is 65.8 Å². The second-order valence-electron chi connectivity index (χ2n) is 7.78. The smallest absolute Gasteiger partial charge is 0.217 e. The number of ether oxygens (including phenoxy) is 3. The summed E-state index contributed by atoms with van der Waals surface area (Å²) in [6, 6.07) is 19.3. The summed E-state index contributed by atoms with van der Waals surface area (Å²) in [6.07, 6.45) is 0.206. The van der Waals surface area contributed by atoms with Gasteiger partial charge in [-0.1, -0.05) is 29.8 Å². The molecule has 2 atom stereocenters. The van der Waals surface area contributed by atoms with Crippen molar-refractivity contribution >= 4 is 5.71 Å². The Hall–Kier alpha value is -3.67. The molecule has 0 fully saturated rings. The van der Waals surface area contributed by atoms with Gasteiger partial charge >= 0.3 is 0 Å². The maximum atomic E-state index is 10.5. The number of methoxy groups -OCH3 is 2. The summed E-state index contributed by atoms with van der Waals surface area (Å²) >= 11 is 0. The fourth-order valence-electron chi connectivity index (χ4n) is 4.31. The fourth-order valence-corrected chi connectivity index (χ4v) is 4.31. The van der Waals surface area contributed by atoms with Crippen LogP contribution in [-0.4, -0.2) is 30.0 Å². The summed E-state index contributed by atoms with van der Waals surface area (Å²) in [5.41, 5.74) is 4.61. The molecule has 31 heavy (non-hydrogen) atoms. The van der Waals surface area contributed by atoms with Crippen LogP contribution in [0.4, 0.5) is 0 Å². The number of phenolic OH excluding ortho intramolecular Hbond substituents is 1. The Balaban J connectivity index is 1.63. The van der Waals surface area contributed by atoms with E-state index in [4.69, 9.17) is 19.3 Å². The molecule has 0 unspecified atom stereocenters. The van der Waals surface area contributed by atoms with Crippen molar-refractivity contribution < 1.29 is 19.3 Å². The van der Waals surface area contributed by atoms with Crippen molar-refractivity contribution in [2.75, 3.05) is 14.2 Å². The lowest BCUT2D eigenvalue weighted by Crippen LogP contribution is -2.33. The van der Waals surface area contributed by atoms with Crippen LogP contribution < -0.4 is 14.2 Å². The lowest BCUT2D eigenvalue weighted by Gasteiger charge is -2.38. The highest BCUT2D eigenvalue weighted by Gasteiger charge is 2.42. The first kappa shape index (κ1) is 19.3. The van der Waals surface area contributed by atoms with Crippen molar-refractivity contribution in [3.05, 3.63) is 82.9 Å². The minimum Gasteiger partial charge on any atom is -0.507 e.